The van der Waals surface area contributed by atoms with E-state index in [2.05, 4.69) is 15.3 Å². The van der Waals surface area contributed by atoms with Gasteiger partial charge in [-0.2, -0.15) is 13.2 Å². The molecule has 0 aromatic carbocycles. The van der Waals surface area contributed by atoms with Crippen LogP contribution >= 0.6 is 0 Å². The van der Waals surface area contributed by atoms with Crippen molar-refractivity contribution in [1.29, 1.82) is 0 Å². The van der Waals surface area contributed by atoms with Crippen molar-refractivity contribution in [3.05, 3.63) is 53.0 Å². The third kappa shape index (κ3) is 6.64. The summed E-state index contributed by atoms with van der Waals surface area (Å²) in [5, 5.41) is 2.71. The molecule has 0 unspecified atom stereocenters. The van der Waals surface area contributed by atoms with E-state index in [-0.39, 0.29) is 30.5 Å². The lowest BCUT2D eigenvalue weighted by Crippen LogP contribution is -2.23. The number of ketones is 1. The van der Waals surface area contributed by atoms with Crippen LogP contribution in [0.5, 0.6) is 5.88 Å². The Balaban J connectivity index is 2.02. The fraction of sp³-hybridized carbons (Fsp3) is 0.368. The monoisotopic (exact) mass is 395 g/mol. The standard InChI is InChI=1S/C19H20F3N3O3/c1-3-14-7-13(10-25-18(14)28-11-19(20,21)22)9-24-17(27)15-4-5-23-16(8-15)6-12(2)26/h4-5,7-8,10H,3,6,9,11H2,1-2H3,(H,24,27). The SMILES string of the molecule is CCc1cc(CNC(=O)c2ccnc(CC(C)=O)c2)cnc1OCC(F)(F)F. The van der Waals surface area contributed by atoms with Gasteiger partial charge < -0.3 is 10.1 Å². The van der Waals surface area contributed by atoms with Gasteiger partial charge in [0, 0.05) is 42.2 Å². The lowest BCUT2D eigenvalue weighted by Gasteiger charge is -2.13. The minimum atomic E-state index is -4.44. The van der Waals surface area contributed by atoms with Gasteiger partial charge in [-0.1, -0.05) is 6.92 Å². The van der Waals surface area contributed by atoms with Crippen LogP contribution in [0, 0.1) is 0 Å². The summed E-state index contributed by atoms with van der Waals surface area (Å²) in [5.74, 6) is -0.489. The van der Waals surface area contributed by atoms with E-state index in [9.17, 15) is 22.8 Å². The Bertz CT molecular complexity index is 854. The molecule has 0 atom stereocenters. The summed E-state index contributed by atoms with van der Waals surface area (Å²) < 4.78 is 41.6. The van der Waals surface area contributed by atoms with Crippen molar-refractivity contribution in [2.45, 2.75) is 39.4 Å². The number of ether oxygens (including phenoxy) is 1. The van der Waals surface area contributed by atoms with Gasteiger partial charge in [-0.05, 0) is 37.1 Å². The molecule has 0 bridgehead atoms. The van der Waals surface area contributed by atoms with E-state index in [1.165, 1.54) is 25.4 Å². The number of carbonyl (C=O) groups excluding carboxylic acids is 2. The Kier molecular flexibility index (Phi) is 7.08. The number of alkyl halides is 3. The second-order valence-electron chi connectivity index (χ2n) is 6.16. The van der Waals surface area contributed by atoms with Crippen LogP contribution in [0.3, 0.4) is 0 Å². The van der Waals surface area contributed by atoms with Crippen molar-refractivity contribution in [3.63, 3.8) is 0 Å². The first-order valence-corrected chi connectivity index (χ1v) is 8.58. The van der Waals surface area contributed by atoms with Crippen LogP contribution < -0.4 is 10.1 Å². The highest BCUT2D eigenvalue weighted by molar-refractivity contribution is 5.94. The molecule has 0 aliphatic carbocycles. The molecule has 0 radical (unpaired) electrons. The van der Waals surface area contributed by atoms with Crippen LogP contribution in [0.4, 0.5) is 13.2 Å². The first-order valence-electron chi connectivity index (χ1n) is 8.58. The van der Waals surface area contributed by atoms with E-state index in [1.54, 1.807) is 19.1 Å². The summed E-state index contributed by atoms with van der Waals surface area (Å²) in [7, 11) is 0. The molecule has 2 aromatic heterocycles. The van der Waals surface area contributed by atoms with Gasteiger partial charge in [-0.15, -0.1) is 0 Å². The van der Waals surface area contributed by atoms with Crippen LogP contribution in [0.25, 0.3) is 0 Å². The lowest BCUT2D eigenvalue weighted by atomic mass is 10.1. The molecule has 1 amide bonds. The van der Waals surface area contributed by atoms with Gasteiger partial charge in [0.2, 0.25) is 5.88 Å². The van der Waals surface area contributed by atoms with E-state index in [4.69, 9.17) is 4.74 Å². The van der Waals surface area contributed by atoms with E-state index >= 15 is 0 Å². The molecule has 28 heavy (non-hydrogen) atoms. The molecule has 0 aliphatic rings. The molecule has 0 aliphatic heterocycles. The maximum absolute atomic E-state index is 12.3. The molecule has 0 spiro atoms. The highest BCUT2D eigenvalue weighted by Gasteiger charge is 2.29. The van der Waals surface area contributed by atoms with Crippen LogP contribution in [0.1, 0.15) is 41.0 Å². The topological polar surface area (TPSA) is 81.2 Å². The highest BCUT2D eigenvalue weighted by atomic mass is 19.4. The lowest BCUT2D eigenvalue weighted by molar-refractivity contribution is -0.154. The first-order chi connectivity index (χ1) is 13.2. The number of hydrogen-bond acceptors (Lipinski definition) is 5. The molecule has 2 heterocycles. The maximum atomic E-state index is 12.3. The highest BCUT2D eigenvalue weighted by Crippen LogP contribution is 2.21. The Labute approximate surface area is 160 Å². The molecular weight excluding hydrogens is 375 g/mol. The maximum Gasteiger partial charge on any atom is 0.422 e. The normalized spacial score (nSPS) is 11.2. The third-order valence-corrected chi connectivity index (χ3v) is 3.70. The minimum Gasteiger partial charge on any atom is -0.468 e. The quantitative estimate of drug-likeness (QED) is 0.743. The van der Waals surface area contributed by atoms with Crippen molar-refractivity contribution >= 4 is 11.7 Å². The van der Waals surface area contributed by atoms with Crippen LogP contribution in [-0.4, -0.2) is 34.4 Å². The molecule has 150 valence electrons. The van der Waals surface area contributed by atoms with Crippen LogP contribution in [0.15, 0.2) is 30.6 Å². The Morgan fingerprint density at radius 1 is 1.21 bits per heavy atom. The van der Waals surface area contributed by atoms with E-state index in [0.29, 0.717) is 28.8 Å². The van der Waals surface area contributed by atoms with Gasteiger partial charge >= 0.3 is 6.18 Å². The largest absolute Gasteiger partial charge is 0.468 e. The molecule has 2 aromatic rings. The zero-order chi connectivity index (χ0) is 20.7. The summed E-state index contributed by atoms with van der Waals surface area (Å²) in [6.45, 7) is 1.94. The number of Topliss-reactive ketones (excluding diaryl/α,β-unsaturated/α-hetero) is 1. The average molecular weight is 395 g/mol. The Morgan fingerprint density at radius 2 is 1.96 bits per heavy atom. The number of amides is 1. The molecule has 9 heteroatoms. The van der Waals surface area contributed by atoms with E-state index < -0.39 is 12.8 Å². The number of pyridine rings is 2. The van der Waals surface area contributed by atoms with Gasteiger partial charge in [0.1, 0.15) is 5.78 Å². The van der Waals surface area contributed by atoms with Crippen molar-refractivity contribution in [1.82, 2.24) is 15.3 Å². The number of aromatic nitrogens is 2. The van der Waals surface area contributed by atoms with Crippen molar-refractivity contribution in [2.24, 2.45) is 0 Å². The predicted octanol–water partition coefficient (Wildman–Crippen LogP) is 3.04. The number of nitrogens with one attached hydrogen (secondary N) is 1. The molecule has 0 saturated heterocycles. The van der Waals surface area contributed by atoms with Gasteiger partial charge in [-0.25, -0.2) is 4.98 Å². The number of carbonyl (C=O) groups is 2. The van der Waals surface area contributed by atoms with Crippen molar-refractivity contribution < 1.29 is 27.5 Å². The number of hydrogen-bond donors (Lipinski definition) is 1. The molecule has 1 N–H and O–H groups in total. The van der Waals surface area contributed by atoms with Crippen molar-refractivity contribution in [3.8, 4) is 5.88 Å². The summed E-state index contributed by atoms with van der Waals surface area (Å²) in [6, 6.07) is 4.72. The Hall–Kier alpha value is -2.97. The third-order valence-electron chi connectivity index (χ3n) is 3.70. The number of nitrogens with zero attached hydrogens (tertiary/aromatic N) is 2. The summed E-state index contributed by atoms with van der Waals surface area (Å²) in [6.07, 6.45) is -1.05. The molecule has 6 nitrogen and oxygen atoms in total. The molecular formula is C19H20F3N3O3. The number of halogens is 3. The fourth-order valence-electron chi connectivity index (χ4n) is 2.43. The molecule has 0 fully saturated rings. The summed E-state index contributed by atoms with van der Waals surface area (Å²) in [4.78, 5) is 31.4. The minimum absolute atomic E-state index is 0.0592. The van der Waals surface area contributed by atoms with E-state index in [1.807, 2.05) is 0 Å². The zero-order valence-corrected chi connectivity index (χ0v) is 15.5. The van der Waals surface area contributed by atoms with E-state index in [0.717, 1.165) is 0 Å². The number of aryl methyl sites for hydroxylation is 1. The molecule has 0 saturated carbocycles. The average Bonchev–Trinajstić information content (AvgIpc) is 2.63. The van der Waals surface area contributed by atoms with Crippen LogP contribution in [-0.2, 0) is 24.2 Å². The van der Waals surface area contributed by atoms with Gasteiger partial charge in [0.15, 0.2) is 6.61 Å². The molecule has 2 rings (SSSR count). The second kappa shape index (κ2) is 9.29. The fourth-order valence-corrected chi connectivity index (χ4v) is 2.43. The number of rotatable bonds is 8. The summed E-state index contributed by atoms with van der Waals surface area (Å²) in [5.41, 5.74) is 2.01. The second-order valence-corrected chi connectivity index (χ2v) is 6.16. The van der Waals surface area contributed by atoms with Gasteiger partial charge in [0.05, 0.1) is 0 Å². The Morgan fingerprint density at radius 3 is 2.61 bits per heavy atom. The smallest absolute Gasteiger partial charge is 0.422 e. The summed E-state index contributed by atoms with van der Waals surface area (Å²) >= 11 is 0. The zero-order valence-electron chi connectivity index (χ0n) is 15.5. The van der Waals surface area contributed by atoms with Crippen LogP contribution in [0.2, 0.25) is 0 Å². The first kappa shape index (κ1) is 21.3. The van der Waals surface area contributed by atoms with Gasteiger partial charge in [-0.3, -0.25) is 14.6 Å². The van der Waals surface area contributed by atoms with Gasteiger partial charge in [0.25, 0.3) is 5.91 Å². The van der Waals surface area contributed by atoms with Crippen molar-refractivity contribution in [2.75, 3.05) is 6.61 Å². The predicted molar refractivity (Wildman–Crippen MR) is 95.0 cm³/mol.